The normalized spacial score (nSPS) is 22.5. The average Bonchev–Trinajstić information content (AvgIpc) is 2.52. The number of hydrogen-bond donors (Lipinski definition) is 1. The quantitative estimate of drug-likeness (QED) is 0.345. The van der Waals surface area contributed by atoms with Crippen molar-refractivity contribution in [3.63, 3.8) is 0 Å². The number of nitrogens with one attached hydrogen (secondary N) is 1. The minimum absolute atomic E-state index is 0.179. The monoisotopic (exact) mass is 336 g/mol. The molecule has 1 rings (SSSR count). The van der Waals surface area contributed by atoms with Gasteiger partial charge in [-0.05, 0) is 25.5 Å². The molecule has 0 aromatic rings. The first-order valence-electron chi connectivity index (χ1n) is 7.16. The van der Waals surface area contributed by atoms with Crippen LogP contribution in [0.3, 0.4) is 0 Å². The van der Waals surface area contributed by atoms with Gasteiger partial charge in [0.25, 0.3) is 6.20 Å². The van der Waals surface area contributed by atoms with Crippen LogP contribution < -0.4 is 5.32 Å². The molecule has 0 bridgehead atoms. The molecule has 0 spiro atoms. The van der Waals surface area contributed by atoms with E-state index in [4.69, 9.17) is 18.9 Å². The Morgan fingerprint density at radius 3 is 2.86 bits per heavy atom. The number of rotatable bonds is 11. The van der Waals surface area contributed by atoms with Crippen LogP contribution in [0.15, 0.2) is 11.2 Å². The van der Waals surface area contributed by atoms with Crippen LogP contribution in [0.5, 0.6) is 0 Å². The van der Waals surface area contributed by atoms with Crippen LogP contribution in [0.1, 0.15) is 19.3 Å². The van der Waals surface area contributed by atoms with Crippen LogP contribution in [0.4, 0.5) is 0 Å². The average molecular weight is 336 g/mol. The van der Waals surface area contributed by atoms with Crippen molar-refractivity contribution < 1.29 is 23.9 Å². The van der Waals surface area contributed by atoms with Crippen LogP contribution in [-0.2, 0) is 18.9 Å². The summed E-state index contributed by atoms with van der Waals surface area (Å²) in [5, 5.41) is 13.8. The van der Waals surface area contributed by atoms with Crippen LogP contribution >= 0.6 is 11.8 Å². The van der Waals surface area contributed by atoms with E-state index in [9.17, 15) is 10.1 Å². The smallest absolute Gasteiger partial charge is 0.263 e. The first-order chi connectivity index (χ1) is 10.7. The lowest BCUT2D eigenvalue weighted by Gasteiger charge is -2.28. The van der Waals surface area contributed by atoms with Gasteiger partial charge in [0.2, 0.25) is 0 Å². The summed E-state index contributed by atoms with van der Waals surface area (Å²) in [6.07, 6.45) is 5.09. The van der Waals surface area contributed by atoms with E-state index < -0.39 is 4.92 Å². The number of ether oxygens (including phenoxy) is 4. The lowest BCUT2D eigenvalue weighted by Crippen LogP contribution is -2.31. The summed E-state index contributed by atoms with van der Waals surface area (Å²) >= 11 is 1.29. The van der Waals surface area contributed by atoms with Gasteiger partial charge in [0.1, 0.15) is 5.03 Å². The predicted molar refractivity (Wildman–Crippen MR) is 82.9 cm³/mol. The van der Waals surface area contributed by atoms with E-state index in [1.165, 1.54) is 11.8 Å². The fraction of sp³-hybridized carbons (Fsp3) is 0.846. The van der Waals surface area contributed by atoms with Gasteiger partial charge in [-0.2, -0.15) is 0 Å². The second-order valence-electron chi connectivity index (χ2n) is 4.55. The number of nitrogens with zero attached hydrogens (tertiary/aromatic N) is 1. The fourth-order valence-electron chi connectivity index (χ4n) is 1.91. The summed E-state index contributed by atoms with van der Waals surface area (Å²) in [6.45, 7) is 1.85. The molecular formula is C13H24N2O6S. The molecule has 1 saturated heterocycles. The Balaban J connectivity index is 2.00. The molecule has 0 saturated carbocycles. The van der Waals surface area contributed by atoms with E-state index in [1.54, 1.807) is 13.4 Å². The van der Waals surface area contributed by atoms with E-state index in [0.29, 0.717) is 31.4 Å². The largest absolute Gasteiger partial charge is 0.377 e. The third-order valence-electron chi connectivity index (χ3n) is 2.97. The molecule has 1 aliphatic rings. The Labute approximate surface area is 134 Å². The van der Waals surface area contributed by atoms with Crippen molar-refractivity contribution in [2.45, 2.75) is 31.8 Å². The lowest BCUT2D eigenvalue weighted by atomic mass is 10.2. The summed E-state index contributed by atoms with van der Waals surface area (Å²) in [7, 11) is 1.62. The van der Waals surface area contributed by atoms with Gasteiger partial charge >= 0.3 is 0 Å². The summed E-state index contributed by atoms with van der Waals surface area (Å²) in [5.74, 6) is 0. The summed E-state index contributed by atoms with van der Waals surface area (Å²) in [4.78, 5) is 9.86. The highest BCUT2D eigenvalue weighted by atomic mass is 32.2. The molecule has 1 N–H and O–H groups in total. The van der Waals surface area contributed by atoms with E-state index in [1.807, 2.05) is 0 Å². The number of methoxy groups -OCH3 is 1. The summed E-state index contributed by atoms with van der Waals surface area (Å²) in [5.41, 5.74) is 0. The first kappa shape index (κ1) is 19.2. The van der Waals surface area contributed by atoms with Gasteiger partial charge in [-0.1, -0.05) is 0 Å². The van der Waals surface area contributed by atoms with Gasteiger partial charge in [0.05, 0.1) is 24.7 Å². The predicted octanol–water partition coefficient (Wildman–Crippen LogP) is 1.55. The van der Waals surface area contributed by atoms with Crippen LogP contribution in [-0.4, -0.2) is 57.2 Å². The Hall–Kier alpha value is -0.870. The zero-order valence-electron chi connectivity index (χ0n) is 13.0. The minimum Gasteiger partial charge on any atom is -0.377 e. The van der Waals surface area contributed by atoms with Gasteiger partial charge in [-0.3, -0.25) is 10.1 Å². The molecule has 1 aliphatic heterocycles. The van der Waals surface area contributed by atoms with Crippen molar-refractivity contribution in [2.24, 2.45) is 0 Å². The van der Waals surface area contributed by atoms with Crippen LogP contribution in [0.25, 0.3) is 0 Å². The maximum absolute atomic E-state index is 10.3. The van der Waals surface area contributed by atoms with Crippen molar-refractivity contribution in [1.29, 1.82) is 0 Å². The molecule has 9 heteroatoms. The zero-order valence-corrected chi connectivity index (χ0v) is 13.8. The molecule has 128 valence electrons. The number of thioether (sulfide) groups is 1. The minimum atomic E-state index is -0.481. The van der Waals surface area contributed by atoms with Gasteiger partial charge < -0.3 is 24.3 Å². The third-order valence-corrected chi connectivity index (χ3v) is 3.66. The van der Waals surface area contributed by atoms with E-state index in [2.05, 4.69) is 5.32 Å². The highest BCUT2D eigenvalue weighted by Crippen LogP contribution is 2.19. The number of hydrogen-bond acceptors (Lipinski definition) is 8. The Morgan fingerprint density at radius 1 is 1.41 bits per heavy atom. The van der Waals surface area contributed by atoms with Crippen LogP contribution in [0.2, 0.25) is 0 Å². The molecule has 2 unspecified atom stereocenters. The second kappa shape index (κ2) is 11.7. The molecule has 0 aliphatic carbocycles. The molecule has 0 aromatic heterocycles. The topological polar surface area (TPSA) is 92.1 Å². The molecule has 0 radical (unpaired) electrons. The third kappa shape index (κ3) is 8.54. The molecule has 0 amide bonds. The fourth-order valence-corrected chi connectivity index (χ4v) is 2.34. The lowest BCUT2D eigenvalue weighted by molar-refractivity contribution is -0.403. The Kier molecular flexibility index (Phi) is 10.2. The van der Waals surface area contributed by atoms with E-state index in [0.717, 1.165) is 25.5 Å². The Morgan fingerprint density at radius 2 is 2.18 bits per heavy atom. The van der Waals surface area contributed by atoms with E-state index >= 15 is 0 Å². The van der Waals surface area contributed by atoms with E-state index in [-0.39, 0.29) is 12.6 Å². The van der Waals surface area contributed by atoms with Gasteiger partial charge in [-0.25, -0.2) is 0 Å². The van der Waals surface area contributed by atoms with Crippen molar-refractivity contribution in [3.8, 4) is 0 Å². The molecule has 1 fully saturated rings. The second-order valence-corrected chi connectivity index (χ2v) is 5.40. The zero-order chi connectivity index (χ0) is 16.2. The highest BCUT2D eigenvalue weighted by molar-refractivity contribution is 8.02. The van der Waals surface area contributed by atoms with Crippen molar-refractivity contribution in [1.82, 2.24) is 5.32 Å². The molecule has 1 heterocycles. The van der Waals surface area contributed by atoms with Gasteiger partial charge in [0, 0.05) is 13.7 Å². The maximum atomic E-state index is 10.3. The molecule has 8 nitrogen and oxygen atoms in total. The van der Waals surface area contributed by atoms with Crippen molar-refractivity contribution in [2.75, 3.05) is 39.7 Å². The van der Waals surface area contributed by atoms with Crippen molar-refractivity contribution >= 4 is 11.8 Å². The van der Waals surface area contributed by atoms with Gasteiger partial charge in [-0.15, -0.1) is 11.8 Å². The van der Waals surface area contributed by atoms with Gasteiger partial charge in [0.15, 0.2) is 12.6 Å². The van der Waals surface area contributed by atoms with Crippen LogP contribution in [0, 0.1) is 10.1 Å². The molecular weight excluding hydrogens is 312 g/mol. The Bertz CT molecular complexity index is 355. The first-order valence-corrected chi connectivity index (χ1v) is 8.39. The molecule has 22 heavy (non-hydrogen) atoms. The van der Waals surface area contributed by atoms with Crippen molar-refractivity contribution in [3.05, 3.63) is 21.3 Å². The number of nitro groups is 1. The summed E-state index contributed by atoms with van der Waals surface area (Å²) < 4.78 is 21.7. The maximum Gasteiger partial charge on any atom is 0.263 e. The molecule has 0 aromatic carbocycles. The SMILES string of the molecule is COC1CCCC(OCCOCCN/C(=C/[N+](=O)[O-])SC)O1. The summed E-state index contributed by atoms with van der Waals surface area (Å²) in [6, 6.07) is 0. The standard InChI is InChI=1S/C13H24N2O6S/c1-18-12-4-3-5-13(21-12)20-9-8-19-7-6-14-11(22-2)10-15(16)17/h10,12-14H,3-9H2,1-2H3/b11-10-. The highest BCUT2D eigenvalue weighted by Gasteiger charge is 2.22. The molecule has 2 atom stereocenters.